The quantitative estimate of drug-likeness (QED) is 0.724. The Labute approximate surface area is 134 Å². The van der Waals surface area contributed by atoms with Crippen LogP contribution in [-0.2, 0) is 6.42 Å². The molecule has 3 aromatic rings. The Morgan fingerprint density at radius 3 is 2.77 bits per heavy atom. The topological polar surface area (TPSA) is 41.6 Å². The third kappa shape index (κ3) is 2.52. The number of hydrogen-bond donors (Lipinski definition) is 1. The fraction of sp³-hybridized carbons (Fsp3) is 0.333. The molecule has 112 valence electrons. The molecule has 0 amide bonds. The Morgan fingerprint density at radius 2 is 2.09 bits per heavy atom. The minimum Gasteiger partial charge on any atom is -0.357 e. The van der Waals surface area contributed by atoms with Crippen LogP contribution in [0.2, 0.25) is 0 Å². The van der Waals surface area contributed by atoms with E-state index in [1.54, 1.807) is 11.8 Å². The largest absolute Gasteiger partial charge is 0.357 e. The number of pyridine rings is 2. The second-order valence-electron chi connectivity index (χ2n) is 6.02. The van der Waals surface area contributed by atoms with Crippen molar-refractivity contribution in [3.05, 3.63) is 53.0 Å². The minimum absolute atomic E-state index is 0.690. The minimum atomic E-state index is 0.690. The SMILES string of the molecule is CSc1ccc(Cc2c(C)[nH]c3ccc(C4CC4)nc23)cn1. The third-order valence-electron chi connectivity index (χ3n) is 4.36. The highest BCUT2D eigenvalue weighted by Gasteiger charge is 2.25. The molecule has 0 bridgehead atoms. The van der Waals surface area contributed by atoms with Gasteiger partial charge in [0.05, 0.1) is 16.1 Å². The van der Waals surface area contributed by atoms with Gasteiger partial charge in [-0.25, -0.2) is 4.98 Å². The van der Waals surface area contributed by atoms with Crippen LogP contribution < -0.4 is 0 Å². The molecular weight excluding hydrogens is 290 g/mol. The Hall–Kier alpha value is -1.81. The smallest absolute Gasteiger partial charge is 0.0957 e. The zero-order chi connectivity index (χ0) is 15.1. The van der Waals surface area contributed by atoms with E-state index in [1.807, 2.05) is 6.20 Å². The average molecular weight is 309 g/mol. The van der Waals surface area contributed by atoms with Crippen LogP contribution in [0.1, 0.15) is 41.3 Å². The standard InChI is InChI=1S/C18H19N3S/c1-11-14(9-12-3-8-17(22-2)19-10-12)18-16(20-11)7-6-15(21-18)13-4-5-13/h3,6-8,10,13,20H,4-5,9H2,1-2H3. The summed E-state index contributed by atoms with van der Waals surface area (Å²) in [5, 5.41) is 1.06. The van der Waals surface area contributed by atoms with Crippen LogP contribution in [0.15, 0.2) is 35.5 Å². The van der Waals surface area contributed by atoms with Crippen LogP contribution in [0.3, 0.4) is 0 Å². The predicted molar refractivity (Wildman–Crippen MR) is 91.6 cm³/mol. The van der Waals surface area contributed by atoms with Gasteiger partial charge in [0.15, 0.2) is 0 Å². The van der Waals surface area contributed by atoms with E-state index in [-0.39, 0.29) is 0 Å². The number of fused-ring (bicyclic) bond motifs is 1. The molecule has 0 aromatic carbocycles. The van der Waals surface area contributed by atoms with Crippen LogP contribution in [-0.4, -0.2) is 21.2 Å². The van der Waals surface area contributed by atoms with Gasteiger partial charge in [-0.1, -0.05) is 6.07 Å². The van der Waals surface area contributed by atoms with Crippen molar-refractivity contribution in [3.63, 3.8) is 0 Å². The van der Waals surface area contributed by atoms with Crippen molar-refractivity contribution in [1.29, 1.82) is 0 Å². The van der Waals surface area contributed by atoms with Gasteiger partial charge in [-0.15, -0.1) is 11.8 Å². The summed E-state index contributed by atoms with van der Waals surface area (Å²) in [5.74, 6) is 0.690. The highest BCUT2D eigenvalue weighted by atomic mass is 32.2. The maximum absolute atomic E-state index is 4.93. The van der Waals surface area contributed by atoms with Gasteiger partial charge < -0.3 is 4.98 Å². The molecule has 1 saturated carbocycles. The van der Waals surface area contributed by atoms with Crippen molar-refractivity contribution in [1.82, 2.24) is 15.0 Å². The molecule has 3 nitrogen and oxygen atoms in total. The molecule has 0 unspecified atom stereocenters. The predicted octanol–water partition coefficient (Wildman–Crippen LogP) is 4.46. The van der Waals surface area contributed by atoms with Crippen LogP contribution in [0.4, 0.5) is 0 Å². The summed E-state index contributed by atoms with van der Waals surface area (Å²) < 4.78 is 0. The van der Waals surface area contributed by atoms with Gasteiger partial charge in [0.25, 0.3) is 0 Å². The van der Waals surface area contributed by atoms with E-state index in [4.69, 9.17) is 4.98 Å². The fourth-order valence-electron chi connectivity index (χ4n) is 2.92. The second kappa shape index (κ2) is 5.43. The van der Waals surface area contributed by atoms with E-state index in [2.05, 4.69) is 47.4 Å². The first kappa shape index (κ1) is 13.8. The highest BCUT2D eigenvalue weighted by molar-refractivity contribution is 7.98. The molecule has 0 atom stereocenters. The zero-order valence-electron chi connectivity index (χ0n) is 12.9. The molecule has 22 heavy (non-hydrogen) atoms. The molecule has 0 spiro atoms. The summed E-state index contributed by atoms with van der Waals surface area (Å²) in [6.07, 6.45) is 7.49. The summed E-state index contributed by atoms with van der Waals surface area (Å²) in [4.78, 5) is 12.9. The number of nitrogens with one attached hydrogen (secondary N) is 1. The van der Waals surface area contributed by atoms with E-state index in [0.717, 1.165) is 22.5 Å². The molecule has 0 aliphatic heterocycles. The van der Waals surface area contributed by atoms with Gasteiger partial charge in [0.1, 0.15) is 0 Å². The molecule has 1 aliphatic carbocycles. The lowest BCUT2D eigenvalue weighted by atomic mass is 10.1. The van der Waals surface area contributed by atoms with E-state index in [0.29, 0.717) is 5.92 Å². The summed E-state index contributed by atoms with van der Waals surface area (Å²) in [6.45, 7) is 2.14. The Balaban J connectivity index is 1.72. The molecule has 1 aliphatic rings. The lowest BCUT2D eigenvalue weighted by Gasteiger charge is -2.04. The number of hydrogen-bond acceptors (Lipinski definition) is 3. The van der Waals surface area contributed by atoms with Gasteiger partial charge in [-0.3, -0.25) is 4.98 Å². The fourth-order valence-corrected chi connectivity index (χ4v) is 3.29. The zero-order valence-corrected chi connectivity index (χ0v) is 13.7. The first-order chi connectivity index (χ1) is 10.7. The molecule has 3 aromatic heterocycles. The van der Waals surface area contributed by atoms with Gasteiger partial charge in [-0.05, 0) is 49.8 Å². The normalized spacial score (nSPS) is 14.6. The number of nitrogens with zero attached hydrogens (tertiary/aromatic N) is 2. The summed E-state index contributed by atoms with van der Waals surface area (Å²) >= 11 is 1.67. The van der Waals surface area contributed by atoms with E-state index >= 15 is 0 Å². The maximum atomic E-state index is 4.93. The molecule has 0 radical (unpaired) electrons. The Morgan fingerprint density at radius 1 is 1.23 bits per heavy atom. The van der Waals surface area contributed by atoms with Crippen molar-refractivity contribution >= 4 is 22.8 Å². The molecule has 3 heterocycles. The number of thioether (sulfide) groups is 1. The van der Waals surface area contributed by atoms with Crippen LogP contribution >= 0.6 is 11.8 Å². The summed E-state index contributed by atoms with van der Waals surface area (Å²) in [6, 6.07) is 8.62. The molecule has 1 fully saturated rings. The number of aromatic amines is 1. The van der Waals surface area contributed by atoms with E-state index in [9.17, 15) is 0 Å². The van der Waals surface area contributed by atoms with Crippen LogP contribution in [0.25, 0.3) is 11.0 Å². The number of aryl methyl sites for hydroxylation is 1. The monoisotopic (exact) mass is 309 g/mol. The first-order valence-corrected chi connectivity index (χ1v) is 8.94. The lowest BCUT2D eigenvalue weighted by molar-refractivity contribution is 1.03. The highest BCUT2D eigenvalue weighted by Crippen LogP contribution is 2.39. The Bertz CT molecular complexity index is 816. The van der Waals surface area contributed by atoms with Crippen molar-refractivity contribution in [2.75, 3.05) is 6.26 Å². The number of rotatable bonds is 4. The maximum Gasteiger partial charge on any atom is 0.0957 e. The molecule has 0 saturated heterocycles. The van der Waals surface area contributed by atoms with E-state index < -0.39 is 0 Å². The van der Waals surface area contributed by atoms with Crippen LogP contribution in [0, 0.1) is 6.92 Å². The summed E-state index contributed by atoms with van der Waals surface area (Å²) in [5.41, 5.74) is 7.28. The third-order valence-corrected chi connectivity index (χ3v) is 5.02. The molecule has 4 heteroatoms. The van der Waals surface area contributed by atoms with Crippen molar-refractivity contribution in [3.8, 4) is 0 Å². The molecular formula is C18H19N3S. The van der Waals surface area contributed by atoms with Crippen molar-refractivity contribution in [2.24, 2.45) is 0 Å². The van der Waals surface area contributed by atoms with Crippen LogP contribution in [0.5, 0.6) is 0 Å². The van der Waals surface area contributed by atoms with Crippen molar-refractivity contribution < 1.29 is 0 Å². The average Bonchev–Trinajstić information content (AvgIpc) is 3.34. The first-order valence-electron chi connectivity index (χ1n) is 7.71. The molecule has 1 N–H and O–H groups in total. The van der Waals surface area contributed by atoms with Gasteiger partial charge in [0, 0.05) is 35.5 Å². The molecule has 4 rings (SSSR count). The van der Waals surface area contributed by atoms with E-state index in [1.165, 1.54) is 35.4 Å². The second-order valence-corrected chi connectivity index (χ2v) is 6.85. The van der Waals surface area contributed by atoms with Gasteiger partial charge >= 0.3 is 0 Å². The van der Waals surface area contributed by atoms with Gasteiger partial charge in [0.2, 0.25) is 0 Å². The number of H-pyrrole nitrogens is 1. The number of aromatic nitrogens is 3. The Kier molecular flexibility index (Phi) is 3.41. The van der Waals surface area contributed by atoms with Crippen molar-refractivity contribution in [2.45, 2.75) is 37.1 Å². The lowest BCUT2D eigenvalue weighted by Crippen LogP contribution is -1.93. The van der Waals surface area contributed by atoms with Gasteiger partial charge in [-0.2, -0.15) is 0 Å². The summed E-state index contributed by atoms with van der Waals surface area (Å²) in [7, 11) is 0.